The summed E-state index contributed by atoms with van der Waals surface area (Å²) in [4.78, 5) is 3.87. The second kappa shape index (κ2) is 4.88. The number of aromatic nitrogens is 2. The Morgan fingerprint density at radius 3 is 2.62 bits per heavy atom. The maximum Gasteiger partial charge on any atom is 0.229 e. The Morgan fingerprint density at radius 2 is 2.06 bits per heavy atom. The van der Waals surface area contributed by atoms with Crippen LogP contribution in [-0.4, -0.2) is 28.4 Å². The van der Waals surface area contributed by atoms with Crippen LogP contribution in [0.1, 0.15) is 25.7 Å². The van der Waals surface area contributed by atoms with Crippen LogP contribution >= 0.6 is 39.1 Å². The van der Waals surface area contributed by atoms with Crippen molar-refractivity contribution in [3.05, 3.63) is 4.73 Å². The molecule has 0 aromatic carbocycles. The molecule has 0 N–H and O–H groups in total. The molecular weight excluding hydrogens is 336 g/mol. The van der Waals surface area contributed by atoms with E-state index in [0.717, 1.165) is 30.8 Å². The first-order valence-corrected chi connectivity index (χ1v) is 8.44. The lowest BCUT2D eigenvalue weighted by molar-refractivity contribution is 0.489. The summed E-state index contributed by atoms with van der Waals surface area (Å²) < 4.78 is 28.6. The molecule has 0 aliphatic heterocycles. The molecule has 1 aromatic heterocycles. The molecule has 2 rings (SSSR count). The third-order valence-corrected chi connectivity index (χ3v) is 7.28. The van der Waals surface area contributed by atoms with Crippen LogP contribution in [0.15, 0.2) is 9.07 Å². The molecule has 1 aliphatic carbocycles. The standard InChI is InChI=1S/C8H10BrClN2O2S2/c9-7-11-8(15-12-7)16(13,14)6-4-2-1-3-5(6)10/h5-6H,1-4H2. The van der Waals surface area contributed by atoms with E-state index in [-0.39, 0.29) is 9.72 Å². The molecule has 8 heteroatoms. The lowest BCUT2D eigenvalue weighted by Gasteiger charge is -2.25. The Hall–Kier alpha value is 0.280. The second-order valence-corrected chi connectivity index (χ2v) is 8.08. The van der Waals surface area contributed by atoms with Crippen LogP contribution in [0, 0.1) is 0 Å². The summed E-state index contributed by atoms with van der Waals surface area (Å²) in [5.41, 5.74) is 0. The summed E-state index contributed by atoms with van der Waals surface area (Å²) in [6.07, 6.45) is 3.28. The molecule has 0 amide bonds. The van der Waals surface area contributed by atoms with Gasteiger partial charge in [-0.25, -0.2) is 8.42 Å². The van der Waals surface area contributed by atoms with Crippen molar-refractivity contribution < 1.29 is 8.42 Å². The van der Waals surface area contributed by atoms with Crippen LogP contribution in [0.25, 0.3) is 0 Å². The topological polar surface area (TPSA) is 59.9 Å². The van der Waals surface area contributed by atoms with Crippen molar-refractivity contribution in [1.29, 1.82) is 0 Å². The first kappa shape index (κ1) is 12.7. The predicted molar refractivity (Wildman–Crippen MR) is 66.7 cm³/mol. The maximum atomic E-state index is 12.2. The van der Waals surface area contributed by atoms with Gasteiger partial charge in [-0.05, 0) is 40.3 Å². The van der Waals surface area contributed by atoms with Crippen molar-refractivity contribution in [3.63, 3.8) is 0 Å². The fourth-order valence-electron chi connectivity index (χ4n) is 1.84. The van der Waals surface area contributed by atoms with E-state index in [9.17, 15) is 8.42 Å². The van der Waals surface area contributed by atoms with E-state index in [2.05, 4.69) is 25.3 Å². The van der Waals surface area contributed by atoms with Crippen LogP contribution in [0.2, 0.25) is 0 Å². The van der Waals surface area contributed by atoms with Crippen molar-refractivity contribution >= 4 is 48.9 Å². The highest BCUT2D eigenvalue weighted by Gasteiger charge is 2.37. The summed E-state index contributed by atoms with van der Waals surface area (Å²) in [5, 5.41) is -0.816. The molecule has 0 spiro atoms. The van der Waals surface area contributed by atoms with E-state index in [1.807, 2.05) is 0 Å². The Kier molecular flexibility index (Phi) is 3.88. The normalized spacial score (nSPS) is 26.9. The quantitative estimate of drug-likeness (QED) is 0.773. The molecule has 1 saturated carbocycles. The summed E-state index contributed by atoms with van der Waals surface area (Å²) in [7, 11) is -3.41. The van der Waals surface area contributed by atoms with E-state index in [0.29, 0.717) is 11.2 Å². The third-order valence-electron chi connectivity index (χ3n) is 2.65. The van der Waals surface area contributed by atoms with Gasteiger partial charge in [-0.3, -0.25) is 0 Å². The lowest BCUT2D eigenvalue weighted by Crippen LogP contribution is -2.33. The van der Waals surface area contributed by atoms with Gasteiger partial charge in [0.1, 0.15) is 0 Å². The van der Waals surface area contributed by atoms with Crippen LogP contribution < -0.4 is 0 Å². The highest BCUT2D eigenvalue weighted by molar-refractivity contribution is 9.10. The molecule has 90 valence electrons. The molecular formula is C8H10BrClN2O2S2. The summed E-state index contributed by atoms with van der Waals surface area (Å²) in [6.45, 7) is 0. The molecule has 2 atom stereocenters. The van der Waals surface area contributed by atoms with E-state index in [1.165, 1.54) is 0 Å². The van der Waals surface area contributed by atoms with Crippen molar-refractivity contribution in [2.45, 2.75) is 40.6 Å². The van der Waals surface area contributed by atoms with Gasteiger partial charge >= 0.3 is 0 Å². The van der Waals surface area contributed by atoms with Crippen molar-refractivity contribution in [3.8, 4) is 0 Å². The Balaban J connectivity index is 2.31. The highest BCUT2D eigenvalue weighted by Crippen LogP contribution is 2.32. The zero-order valence-electron chi connectivity index (χ0n) is 8.27. The summed E-state index contributed by atoms with van der Waals surface area (Å²) in [6, 6.07) is 0. The van der Waals surface area contributed by atoms with E-state index in [4.69, 9.17) is 11.6 Å². The molecule has 0 saturated heterocycles. The maximum absolute atomic E-state index is 12.2. The zero-order valence-corrected chi connectivity index (χ0v) is 12.2. The fourth-order valence-corrected chi connectivity index (χ4v) is 5.85. The molecule has 4 nitrogen and oxygen atoms in total. The van der Waals surface area contributed by atoms with E-state index in [1.54, 1.807) is 0 Å². The number of hydrogen-bond acceptors (Lipinski definition) is 5. The minimum atomic E-state index is -3.41. The van der Waals surface area contributed by atoms with Crippen molar-refractivity contribution in [2.24, 2.45) is 0 Å². The monoisotopic (exact) mass is 344 g/mol. The minimum Gasteiger partial charge on any atom is -0.221 e. The van der Waals surface area contributed by atoms with Crippen LogP contribution in [0.5, 0.6) is 0 Å². The van der Waals surface area contributed by atoms with Gasteiger partial charge in [0.05, 0.1) is 10.6 Å². The van der Waals surface area contributed by atoms with Gasteiger partial charge in [0.25, 0.3) is 0 Å². The number of nitrogens with zero attached hydrogens (tertiary/aromatic N) is 2. The molecule has 16 heavy (non-hydrogen) atoms. The molecule has 1 fully saturated rings. The number of rotatable bonds is 2. The molecule has 1 heterocycles. The number of sulfone groups is 1. The Morgan fingerprint density at radius 1 is 1.38 bits per heavy atom. The van der Waals surface area contributed by atoms with Gasteiger partial charge in [0.15, 0.2) is 0 Å². The predicted octanol–water partition coefficient (Wildman–Crippen LogP) is 2.62. The third kappa shape index (κ3) is 2.42. The van der Waals surface area contributed by atoms with Gasteiger partial charge in [0.2, 0.25) is 18.9 Å². The van der Waals surface area contributed by atoms with Gasteiger partial charge in [0, 0.05) is 0 Å². The average molecular weight is 346 g/mol. The van der Waals surface area contributed by atoms with Crippen molar-refractivity contribution in [1.82, 2.24) is 9.36 Å². The minimum absolute atomic E-state index is 0.0666. The molecule has 0 bridgehead atoms. The smallest absolute Gasteiger partial charge is 0.221 e. The Bertz CT molecular complexity index is 476. The fraction of sp³-hybridized carbons (Fsp3) is 0.750. The summed E-state index contributed by atoms with van der Waals surface area (Å²) >= 11 is 10.0. The number of halogens is 2. The second-order valence-electron chi connectivity index (χ2n) is 3.71. The van der Waals surface area contributed by atoms with Crippen LogP contribution in [0.4, 0.5) is 0 Å². The largest absolute Gasteiger partial charge is 0.229 e. The Labute approximate surface area is 112 Å². The van der Waals surface area contributed by atoms with E-state index >= 15 is 0 Å². The SMILES string of the molecule is O=S(=O)(c1nc(Br)ns1)C1CCCCC1Cl. The molecule has 2 unspecified atom stereocenters. The zero-order chi connectivity index (χ0) is 11.8. The van der Waals surface area contributed by atoms with Gasteiger partial charge < -0.3 is 0 Å². The molecule has 1 aromatic rings. The van der Waals surface area contributed by atoms with Crippen molar-refractivity contribution in [2.75, 3.05) is 0 Å². The summed E-state index contributed by atoms with van der Waals surface area (Å²) in [5.74, 6) is 0. The molecule has 1 aliphatic rings. The first-order valence-electron chi connectivity index (χ1n) is 4.89. The average Bonchev–Trinajstić information content (AvgIpc) is 2.66. The highest BCUT2D eigenvalue weighted by atomic mass is 79.9. The molecule has 0 radical (unpaired) electrons. The lowest BCUT2D eigenvalue weighted by atomic mass is 10.00. The van der Waals surface area contributed by atoms with Gasteiger partial charge in [-0.2, -0.15) is 9.36 Å². The van der Waals surface area contributed by atoms with Crippen LogP contribution in [-0.2, 0) is 9.84 Å². The van der Waals surface area contributed by atoms with E-state index < -0.39 is 15.1 Å². The van der Waals surface area contributed by atoms with Crippen LogP contribution in [0.3, 0.4) is 0 Å². The number of hydrogen-bond donors (Lipinski definition) is 0. The van der Waals surface area contributed by atoms with Gasteiger partial charge in [-0.1, -0.05) is 12.8 Å². The van der Waals surface area contributed by atoms with Gasteiger partial charge in [-0.15, -0.1) is 11.6 Å². The number of alkyl halides is 1. The first-order chi connectivity index (χ1) is 7.51.